The molecule has 0 unspecified atom stereocenters. The van der Waals surface area contributed by atoms with Gasteiger partial charge in [0.15, 0.2) is 5.78 Å². The van der Waals surface area contributed by atoms with Crippen LogP contribution in [0.1, 0.15) is 41.0 Å². The summed E-state index contributed by atoms with van der Waals surface area (Å²) >= 11 is 3.34. The van der Waals surface area contributed by atoms with Gasteiger partial charge in [0.1, 0.15) is 11.4 Å². The predicted octanol–water partition coefficient (Wildman–Crippen LogP) is 4.45. The number of carbonyl (C=O) groups excluding carboxylic acids is 2. The summed E-state index contributed by atoms with van der Waals surface area (Å²) in [5.74, 6) is 0.362. The zero-order valence-corrected chi connectivity index (χ0v) is 14.4. The molecule has 0 atom stereocenters. The van der Waals surface area contributed by atoms with Gasteiger partial charge >= 0.3 is 0 Å². The fraction of sp³-hybridized carbons (Fsp3) is 0.222. The smallest absolute Gasteiger partial charge is 0.255 e. The van der Waals surface area contributed by atoms with E-state index in [1.807, 2.05) is 26.0 Å². The van der Waals surface area contributed by atoms with E-state index in [0.29, 0.717) is 29.0 Å². The second-order valence-corrected chi connectivity index (χ2v) is 7.05. The van der Waals surface area contributed by atoms with Crippen LogP contribution >= 0.6 is 15.9 Å². The number of fused-ring (bicyclic) bond motifs is 1. The lowest BCUT2D eigenvalue weighted by Crippen LogP contribution is -2.35. The van der Waals surface area contributed by atoms with Crippen LogP contribution in [-0.2, 0) is 0 Å². The molecule has 2 aromatic carbocycles. The van der Waals surface area contributed by atoms with E-state index in [-0.39, 0.29) is 11.7 Å². The Morgan fingerprint density at radius 3 is 2.57 bits per heavy atom. The van der Waals surface area contributed by atoms with E-state index >= 15 is 0 Å². The minimum absolute atomic E-state index is 0.0574. The van der Waals surface area contributed by atoms with Gasteiger partial charge in [0, 0.05) is 21.8 Å². The molecule has 0 saturated carbocycles. The monoisotopic (exact) mass is 373 g/mol. The Bertz CT molecular complexity index is 781. The van der Waals surface area contributed by atoms with Gasteiger partial charge in [-0.05, 0) is 50.2 Å². The molecule has 0 bridgehead atoms. The number of benzene rings is 2. The van der Waals surface area contributed by atoms with Crippen molar-refractivity contribution in [3.05, 3.63) is 58.1 Å². The zero-order valence-electron chi connectivity index (χ0n) is 12.9. The number of hydrogen-bond acceptors (Lipinski definition) is 3. The van der Waals surface area contributed by atoms with Gasteiger partial charge in [-0.25, -0.2) is 0 Å². The van der Waals surface area contributed by atoms with Crippen LogP contribution in [0.3, 0.4) is 0 Å². The summed E-state index contributed by atoms with van der Waals surface area (Å²) in [7, 11) is 0. The highest BCUT2D eigenvalue weighted by atomic mass is 79.9. The zero-order chi connectivity index (χ0) is 16.6. The first kappa shape index (κ1) is 15.7. The number of anilines is 1. The molecular weight excluding hydrogens is 358 g/mol. The maximum absolute atomic E-state index is 12.3. The van der Waals surface area contributed by atoms with Gasteiger partial charge in [-0.3, -0.25) is 9.59 Å². The Morgan fingerprint density at radius 2 is 1.87 bits per heavy atom. The first-order valence-electron chi connectivity index (χ1n) is 7.27. The van der Waals surface area contributed by atoms with E-state index in [4.69, 9.17) is 4.74 Å². The summed E-state index contributed by atoms with van der Waals surface area (Å²) in [6.45, 7) is 3.75. The number of rotatable bonds is 2. The van der Waals surface area contributed by atoms with E-state index in [1.165, 1.54) is 0 Å². The summed E-state index contributed by atoms with van der Waals surface area (Å²) in [6, 6.07) is 12.2. The molecule has 23 heavy (non-hydrogen) atoms. The number of ketones is 1. The Morgan fingerprint density at radius 1 is 1.17 bits per heavy atom. The summed E-state index contributed by atoms with van der Waals surface area (Å²) in [4.78, 5) is 24.4. The third-order valence-electron chi connectivity index (χ3n) is 3.62. The maximum atomic E-state index is 12.3. The van der Waals surface area contributed by atoms with Gasteiger partial charge < -0.3 is 10.1 Å². The van der Waals surface area contributed by atoms with Crippen LogP contribution in [0, 0.1) is 0 Å². The van der Waals surface area contributed by atoms with Crippen molar-refractivity contribution in [1.82, 2.24) is 0 Å². The number of ether oxygens (including phenoxy) is 1. The van der Waals surface area contributed by atoms with E-state index in [2.05, 4.69) is 21.2 Å². The third kappa shape index (κ3) is 3.45. The molecule has 4 nitrogen and oxygen atoms in total. The normalized spacial score (nSPS) is 15.5. The Labute approximate surface area is 143 Å². The van der Waals surface area contributed by atoms with Gasteiger partial charge in [0.25, 0.3) is 5.91 Å². The Kier molecular flexibility index (Phi) is 3.98. The molecule has 1 aliphatic rings. The van der Waals surface area contributed by atoms with Crippen molar-refractivity contribution >= 4 is 33.3 Å². The molecule has 0 aromatic heterocycles. The van der Waals surface area contributed by atoms with Crippen LogP contribution in [-0.4, -0.2) is 17.3 Å². The second kappa shape index (κ2) is 5.81. The first-order chi connectivity index (χ1) is 10.8. The molecule has 1 aliphatic heterocycles. The second-order valence-electron chi connectivity index (χ2n) is 6.13. The highest BCUT2D eigenvalue weighted by Gasteiger charge is 2.32. The lowest BCUT2D eigenvalue weighted by Gasteiger charge is -2.31. The number of carbonyl (C=O) groups is 2. The fourth-order valence-corrected chi connectivity index (χ4v) is 2.80. The largest absolute Gasteiger partial charge is 0.487 e. The number of Topliss-reactive ketones (excluding diaryl/α,β-unsaturated/α-hetero) is 1. The van der Waals surface area contributed by atoms with Crippen molar-refractivity contribution in [3.63, 3.8) is 0 Å². The van der Waals surface area contributed by atoms with E-state index in [0.717, 1.165) is 4.47 Å². The Balaban J connectivity index is 1.83. The topological polar surface area (TPSA) is 55.4 Å². The van der Waals surface area contributed by atoms with Gasteiger partial charge in [-0.2, -0.15) is 0 Å². The molecule has 1 amide bonds. The molecule has 0 aliphatic carbocycles. The molecule has 5 heteroatoms. The van der Waals surface area contributed by atoms with Crippen LogP contribution in [0.2, 0.25) is 0 Å². The van der Waals surface area contributed by atoms with Crippen LogP contribution in [0.25, 0.3) is 0 Å². The number of halogens is 1. The summed E-state index contributed by atoms with van der Waals surface area (Å²) < 4.78 is 6.77. The van der Waals surface area contributed by atoms with Crippen molar-refractivity contribution in [2.45, 2.75) is 25.9 Å². The van der Waals surface area contributed by atoms with Gasteiger partial charge in [0.05, 0.1) is 12.0 Å². The van der Waals surface area contributed by atoms with E-state index < -0.39 is 5.60 Å². The fourth-order valence-electron chi connectivity index (χ4n) is 2.54. The van der Waals surface area contributed by atoms with Crippen molar-refractivity contribution in [3.8, 4) is 5.75 Å². The first-order valence-corrected chi connectivity index (χ1v) is 8.06. The van der Waals surface area contributed by atoms with Crippen molar-refractivity contribution in [2.75, 3.05) is 5.32 Å². The highest BCUT2D eigenvalue weighted by molar-refractivity contribution is 9.10. The average molecular weight is 374 g/mol. The highest BCUT2D eigenvalue weighted by Crippen LogP contribution is 2.34. The average Bonchev–Trinajstić information content (AvgIpc) is 2.46. The molecule has 0 fully saturated rings. The molecule has 2 aromatic rings. The van der Waals surface area contributed by atoms with Crippen molar-refractivity contribution in [1.29, 1.82) is 0 Å². The number of nitrogens with one attached hydrogen (secondary N) is 1. The SMILES string of the molecule is CC1(C)CC(=O)c2ccc(NC(=O)c3ccc(Br)cc3)cc2O1. The molecule has 0 spiro atoms. The van der Waals surface area contributed by atoms with Crippen LogP contribution in [0.15, 0.2) is 46.9 Å². The van der Waals surface area contributed by atoms with Gasteiger partial charge in [0.2, 0.25) is 0 Å². The minimum Gasteiger partial charge on any atom is -0.487 e. The molecular formula is C18H16BrNO3. The number of hydrogen-bond donors (Lipinski definition) is 1. The number of amides is 1. The lowest BCUT2D eigenvalue weighted by atomic mass is 9.93. The summed E-state index contributed by atoms with van der Waals surface area (Å²) in [5, 5.41) is 2.82. The van der Waals surface area contributed by atoms with Crippen LogP contribution in [0.5, 0.6) is 5.75 Å². The van der Waals surface area contributed by atoms with Crippen molar-refractivity contribution < 1.29 is 14.3 Å². The predicted molar refractivity (Wildman–Crippen MR) is 92.2 cm³/mol. The standard InChI is InChI=1S/C18H16BrNO3/c1-18(2)10-15(21)14-8-7-13(9-16(14)23-18)20-17(22)11-3-5-12(19)6-4-11/h3-9H,10H2,1-2H3,(H,20,22). The maximum Gasteiger partial charge on any atom is 0.255 e. The van der Waals surface area contributed by atoms with E-state index in [9.17, 15) is 9.59 Å². The molecule has 0 saturated heterocycles. The molecule has 0 radical (unpaired) electrons. The summed E-state index contributed by atoms with van der Waals surface area (Å²) in [5.41, 5.74) is 1.19. The van der Waals surface area contributed by atoms with Gasteiger partial charge in [-0.15, -0.1) is 0 Å². The minimum atomic E-state index is -0.529. The molecule has 1 N–H and O–H groups in total. The molecule has 1 heterocycles. The third-order valence-corrected chi connectivity index (χ3v) is 4.15. The summed E-state index contributed by atoms with van der Waals surface area (Å²) in [6.07, 6.45) is 0.352. The van der Waals surface area contributed by atoms with Gasteiger partial charge in [-0.1, -0.05) is 15.9 Å². The van der Waals surface area contributed by atoms with Crippen LogP contribution < -0.4 is 10.1 Å². The van der Waals surface area contributed by atoms with E-state index in [1.54, 1.807) is 30.3 Å². The quantitative estimate of drug-likeness (QED) is 0.845. The molecule has 3 rings (SSSR count). The van der Waals surface area contributed by atoms with Crippen molar-refractivity contribution in [2.24, 2.45) is 0 Å². The van der Waals surface area contributed by atoms with Crippen LogP contribution in [0.4, 0.5) is 5.69 Å². The Hall–Kier alpha value is -2.14. The molecule has 118 valence electrons. The lowest BCUT2D eigenvalue weighted by molar-refractivity contribution is 0.0620.